The van der Waals surface area contributed by atoms with Crippen molar-refractivity contribution >= 4 is 16.0 Å². The van der Waals surface area contributed by atoms with Gasteiger partial charge in [-0.05, 0) is 24.0 Å². The van der Waals surface area contributed by atoms with Gasteiger partial charge in [0.05, 0.1) is 5.75 Å². The van der Waals surface area contributed by atoms with E-state index in [2.05, 4.69) is 4.72 Å². The summed E-state index contributed by atoms with van der Waals surface area (Å²) in [6.07, 6.45) is 0.453. The largest absolute Gasteiger partial charge is 0.480 e. The van der Waals surface area contributed by atoms with Gasteiger partial charge < -0.3 is 5.11 Å². The SMILES string of the molecule is O=C(O)[C@@H](Cc1ccccc1)NS(=O)(=O)CCc1ccccc1. The number of aryl methyl sites for hydroxylation is 1. The second kappa shape index (κ2) is 7.89. The first-order chi connectivity index (χ1) is 11.0. The summed E-state index contributed by atoms with van der Waals surface area (Å²) in [6.45, 7) is 0. The van der Waals surface area contributed by atoms with Crippen LogP contribution >= 0.6 is 0 Å². The Morgan fingerprint density at radius 3 is 2.00 bits per heavy atom. The van der Waals surface area contributed by atoms with Gasteiger partial charge in [0.2, 0.25) is 10.0 Å². The van der Waals surface area contributed by atoms with Crippen LogP contribution in [0.2, 0.25) is 0 Å². The Bertz CT molecular complexity index is 730. The predicted octanol–water partition coefficient (Wildman–Crippen LogP) is 1.84. The standard InChI is InChI=1S/C17H19NO4S/c19-17(20)16(13-15-9-5-2-6-10-15)18-23(21,22)12-11-14-7-3-1-4-8-14/h1-10,16,18H,11-13H2,(H,19,20)/t16-/m1/s1. The van der Waals surface area contributed by atoms with Gasteiger partial charge >= 0.3 is 5.97 Å². The number of sulfonamides is 1. The number of hydrogen-bond acceptors (Lipinski definition) is 3. The molecule has 0 heterocycles. The molecule has 1 atom stereocenters. The minimum Gasteiger partial charge on any atom is -0.480 e. The first-order valence-electron chi connectivity index (χ1n) is 7.27. The first-order valence-corrected chi connectivity index (χ1v) is 8.92. The highest BCUT2D eigenvalue weighted by molar-refractivity contribution is 7.89. The number of carbonyl (C=O) groups is 1. The van der Waals surface area contributed by atoms with Crippen LogP contribution in [-0.2, 0) is 27.7 Å². The molecule has 0 radical (unpaired) electrons. The highest BCUT2D eigenvalue weighted by atomic mass is 32.2. The van der Waals surface area contributed by atoms with Crippen molar-refractivity contribution in [2.45, 2.75) is 18.9 Å². The van der Waals surface area contributed by atoms with Crippen LogP contribution in [0.25, 0.3) is 0 Å². The van der Waals surface area contributed by atoms with Gasteiger partial charge in [0.15, 0.2) is 0 Å². The van der Waals surface area contributed by atoms with Gasteiger partial charge in [-0.15, -0.1) is 0 Å². The lowest BCUT2D eigenvalue weighted by atomic mass is 10.1. The minimum atomic E-state index is -3.67. The summed E-state index contributed by atoms with van der Waals surface area (Å²) < 4.78 is 26.6. The molecule has 0 saturated carbocycles. The molecule has 2 rings (SSSR count). The highest BCUT2D eigenvalue weighted by Gasteiger charge is 2.24. The van der Waals surface area contributed by atoms with Crippen LogP contribution in [0.3, 0.4) is 0 Å². The zero-order valence-electron chi connectivity index (χ0n) is 12.6. The number of aliphatic carboxylic acids is 1. The normalized spacial score (nSPS) is 12.7. The summed E-state index contributed by atoms with van der Waals surface area (Å²) in [5.41, 5.74) is 1.67. The van der Waals surface area contributed by atoms with E-state index in [9.17, 15) is 18.3 Å². The van der Waals surface area contributed by atoms with Gasteiger partial charge in [0.1, 0.15) is 6.04 Å². The van der Waals surface area contributed by atoms with Gasteiger partial charge in [0, 0.05) is 0 Å². The molecular weight excluding hydrogens is 314 g/mol. The molecule has 0 bridgehead atoms. The predicted molar refractivity (Wildman–Crippen MR) is 88.6 cm³/mol. The number of carboxylic acids is 1. The number of benzene rings is 2. The second-order valence-corrected chi connectivity index (χ2v) is 7.13. The summed E-state index contributed by atoms with van der Waals surface area (Å²) in [5, 5.41) is 9.26. The van der Waals surface area contributed by atoms with Crippen molar-refractivity contribution in [3.05, 3.63) is 71.8 Å². The molecule has 0 aliphatic carbocycles. The van der Waals surface area contributed by atoms with Gasteiger partial charge in [-0.1, -0.05) is 60.7 Å². The molecule has 2 aromatic rings. The third-order valence-electron chi connectivity index (χ3n) is 3.40. The molecule has 0 unspecified atom stereocenters. The van der Waals surface area contributed by atoms with Crippen molar-refractivity contribution in [3.63, 3.8) is 0 Å². The van der Waals surface area contributed by atoms with Gasteiger partial charge in [-0.25, -0.2) is 13.1 Å². The fourth-order valence-corrected chi connectivity index (χ4v) is 3.44. The van der Waals surface area contributed by atoms with Crippen LogP contribution in [0.5, 0.6) is 0 Å². The molecule has 0 aromatic heterocycles. The number of rotatable bonds is 8. The lowest BCUT2D eigenvalue weighted by Gasteiger charge is -2.15. The average Bonchev–Trinajstić information content (AvgIpc) is 2.54. The Balaban J connectivity index is 1.99. The molecule has 0 saturated heterocycles. The number of nitrogens with one attached hydrogen (secondary N) is 1. The Morgan fingerprint density at radius 2 is 1.48 bits per heavy atom. The Kier molecular flexibility index (Phi) is 5.90. The molecule has 2 aromatic carbocycles. The average molecular weight is 333 g/mol. The molecule has 0 fully saturated rings. The Labute approximate surface area is 136 Å². The fraction of sp³-hybridized carbons (Fsp3) is 0.235. The third-order valence-corrected chi connectivity index (χ3v) is 4.79. The topological polar surface area (TPSA) is 83.5 Å². The summed E-state index contributed by atoms with van der Waals surface area (Å²) in [5.74, 6) is -1.33. The molecule has 2 N–H and O–H groups in total. The van der Waals surface area contributed by atoms with E-state index < -0.39 is 22.0 Å². The van der Waals surface area contributed by atoms with E-state index in [-0.39, 0.29) is 12.2 Å². The molecule has 0 spiro atoms. The van der Waals surface area contributed by atoms with Crippen LogP contribution in [0.1, 0.15) is 11.1 Å². The molecule has 0 aliphatic rings. The maximum atomic E-state index is 12.1. The minimum absolute atomic E-state index is 0.112. The maximum absolute atomic E-state index is 12.1. The Hall–Kier alpha value is -2.18. The van der Waals surface area contributed by atoms with Gasteiger partial charge in [0.25, 0.3) is 0 Å². The lowest BCUT2D eigenvalue weighted by molar-refractivity contribution is -0.138. The zero-order valence-corrected chi connectivity index (χ0v) is 13.4. The monoisotopic (exact) mass is 333 g/mol. The second-order valence-electron chi connectivity index (χ2n) is 5.25. The van der Waals surface area contributed by atoms with E-state index in [0.717, 1.165) is 11.1 Å². The van der Waals surface area contributed by atoms with Crippen LogP contribution in [0, 0.1) is 0 Å². The summed E-state index contributed by atoms with van der Waals surface area (Å²) in [4.78, 5) is 11.3. The quantitative estimate of drug-likeness (QED) is 0.772. The van der Waals surface area contributed by atoms with E-state index in [1.807, 2.05) is 36.4 Å². The third kappa shape index (κ3) is 5.84. The van der Waals surface area contributed by atoms with Crippen molar-refractivity contribution in [1.82, 2.24) is 4.72 Å². The highest BCUT2D eigenvalue weighted by Crippen LogP contribution is 2.06. The smallest absolute Gasteiger partial charge is 0.322 e. The van der Waals surface area contributed by atoms with Crippen molar-refractivity contribution in [1.29, 1.82) is 0 Å². The van der Waals surface area contributed by atoms with Crippen molar-refractivity contribution < 1.29 is 18.3 Å². The molecule has 122 valence electrons. The Morgan fingerprint density at radius 1 is 0.957 bits per heavy atom. The van der Waals surface area contributed by atoms with Gasteiger partial charge in [-0.2, -0.15) is 0 Å². The van der Waals surface area contributed by atoms with Gasteiger partial charge in [-0.3, -0.25) is 4.79 Å². The summed E-state index contributed by atoms with van der Waals surface area (Å²) in [7, 11) is -3.67. The van der Waals surface area contributed by atoms with E-state index >= 15 is 0 Å². The molecular formula is C17H19NO4S. The van der Waals surface area contributed by atoms with Crippen LogP contribution < -0.4 is 4.72 Å². The lowest BCUT2D eigenvalue weighted by Crippen LogP contribution is -2.43. The van der Waals surface area contributed by atoms with E-state index in [1.54, 1.807) is 24.3 Å². The molecule has 5 nitrogen and oxygen atoms in total. The van der Waals surface area contributed by atoms with Crippen LogP contribution in [-0.4, -0.2) is 31.3 Å². The van der Waals surface area contributed by atoms with Crippen LogP contribution in [0.4, 0.5) is 0 Å². The molecule has 0 aliphatic heterocycles. The van der Waals surface area contributed by atoms with E-state index in [0.29, 0.717) is 6.42 Å². The summed E-state index contributed by atoms with van der Waals surface area (Å²) >= 11 is 0. The molecule has 23 heavy (non-hydrogen) atoms. The summed E-state index contributed by atoms with van der Waals surface area (Å²) in [6, 6.07) is 17.0. The zero-order chi connectivity index (χ0) is 16.7. The van der Waals surface area contributed by atoms with Crippen molar-refractivity contribution in [3.8, 4) is 0 Å². The molecule has 0 amide bonds. The van der Waals surface area contributed by atoms with E-state index in [1.165, 1.54) is 0 Å². The maximum Gasteiger partial charge on any atom is 0.322 e. The van der Waals surface area contributed by atoms with E-state index in [4.69, 9.17) is 0 Å². The van der Waals surface area contributed by atoms with Crippen molar-refractivity contribution in [2.24, 2.45) is 0 Å². The number of carboxylic acid groups (broad SMARTS) is 1. The fourth-order valence-electron chi connectivity index (χ4n) is 2.20. The first kappa shape index (κ1) is 17.2. The van der Waals surface area contributed by atoms with Crippen LogP contribution in [0.15, 0.2) is 60.7 Å². The number of hydrogen-bond donors (Lipinski definition) is 2. The van der Waals surface area contributed by atoms with Crippen molar-refractivity contribution in [2.75, 3.05) is 5.75 Å². The molecule has 6 heteroatoms.